The van der Waals surface area contributed by atoms with Crippen LogP contribution in [0.1, 0.15) is 19.4 Å². The van der Waals surface area contributed by atoms with Crippen molar-refractivity contribution in [3.8, 4) is 0 Å². The first kappa shape index (κ1) is 14.7. The average Bonchev–Trinajstić information content (AvgIpc) is 2.31. The maximum Gasteiger partial charge on any atom is 0.307 e. The van der Waals surface area contributed by atoms with Gasteiger partial charge < -0.3 is 10.4 Å². The van der Waals surface area contributed by atoms with Gasteiger partial charge in [0.15, 0.2) is 0 Å². The van der Waals surface area contributed by atoms with Gasteiger partial charge in [0.05, 0.1) is 11.6 Å². The number of anilines is 1. The van der Waals surface area contributed by atoms with Gasteiger partial charge in [-0.25, -0.2) is 0 Å². The van der Waals surface area contributed by atoms with E-state index in [0.29, 0.717) is 5.69 Å². The number of aliphatic carboxylic acids is 1. The fourth-order valence-electron chi connectivity index (χ4n) is 1.42. The third-order valence-corrected chi connectivity index (χ3v) is 3.62. The summed E-state index contributed by atoms with van der Waals surface area (Å²) in [6.45, 7) is 5.06. The van der Waals surface area contributed by atoms with Gasteiger partial charge in [-0.05, 0) is 40.5 Å². The van der Waals surface area contributed by atoms with E-state index in [1.54, 1.807) is 6.92 Å². The van der Waals surface area contributed by atoms with Gasteiger partial charge >= 0.3 is 5.97 Å². The molecule has 1 rings (SSSR count). The molecular weight excluding hydrogens is 298 g/mol. The zero-order chi connectivity index (χ0) is 13.9. The van der Waals surface area contributed by atoms with Crippen LogP contribution in [0.2, 0.25) is 0 Å². The second-order valence-corrected chi connectivity index (χ2v) is 5.24. The largest absolute Gasteiger partial charge is 0.481 e. The summed E-state index contributed by atoms with van der Waals surface area (Å²) in [5.41, 5.74) is 1.68. The number of halogens is 1. The lowest BCUT2D eigenvalue weighted by Crippen LogP contribution is -2.30. The predicted octanol–water partition coefficient (Wildman–Crippen LogP) is 3.05. The van der Waals surface area contributed by atoms with Crippen molar-refractivity contribution in [1.29, 1.82) is 0 Å². The van der Waals surface area contributed by atoms with Crippen molar-refractivity contribution < 1.29 is 14.7 Å². The minimum absolute atomic E-state index is 0.295. The lowest BCUT2D eigenvalue weighted by Gasteiger charge is -2.16. The first-order chi connectivity index (χ1) is 8.32. The summed E-state index contributed by atoms with van der Waals surface area (Å²) in [5.74, 6) is -2.57. The van der Waals surface area contributed by atoms with Crippen molar-refractivity contribution in [2.45, 2.75) is 20.8 Å². The maximum absolute atomic E-state index is 11.9. The molecule has 5 heteroatoms. The lowest BCUT2D eigenvalue weighted by atomic mass is 9.95. The molecule has 0 saturated heterocycles. The molecule has 0 aliphatic heterocycles. The van der Waals surface area contributed by atoms with Gasteiger partial charge in [-0.1, -0.05) is 19.9 Å². The van der Waals surface area contributed by atoms with Crippen LogP contribution in [-0.4, -0.2) is 17.0 Å². The van der Waals surface area contributed by atoms with Crippen LogP contribution in [0.4, 0.5) is 5.69 Å². The van der Waals surface area contributed by atoms with Crippen LogP contribution < -0.4 is 5.32 Å². The first-order valence-corrected chi connectivity index (χ1v) is 6.42. The number of hydrogen-bond donors (Lipinski definition) is 2. The van der Waals surface area contributed by atoms with E-state index in [4.69, 9.17) is 5.11 Å². The highest BCUT2D eigenvalue weighted by Crippen LogP contribution is 2.24. The van der Waals surface area contributed by atoms with Crippen LogP contribution in [0.15, 0.2) is 22.7 Å². The lowest BCUT2D eigenvalue weighted by molar-refractivity contribution is -0.145. The fourth-order valence-corrected chi connectivity index (χ4v) is 1.77. The fraction of sp³-hybridized carbons (Fsp3) is 0.385. The molecule has 0 aliphatic carbocycles. The molecule has 1 aromatic rings. The highest BCUT2D eigenvalue weighted by Gasteiger charge is 2.26. The Labute approximate surface area is 115 Å². The number of rotatable bonds is 4. The van der Waals surface area contributed by atoms with Crippen LogP contribution in [0, 0.1) is 18.8 Å². The van der Waals surface area contributed by atoms with Crippen molar-refractivity contribution in [1.82, 2.24) is 0 Å². The van der Waals surface area contributed by atoms with Gasteiger partial charge in [0, 0.05) is 10.4 Å². The van der Waals surface area contributed by atoms with Gasteiger partial charge in [0.25, 0.3) is 0 Å². The average molecular weight is 314 g/mol. The molecule has 0 radical (unpaired) electrons. The summed E-state index contributed by atoms with van der Waals surface area (Å²) in [5, 5.41) is 11.6. The minimum Gasteiger partial charge on any atom is -0.481 e. The molecule has 18 heavy (non-hydrogen) atoms. The van der Waals surface area contributed by atoms with Crippen molar-refractivity contribution in [2.75, 3.05) is 5.32 Å². The van der Waals surface area contributed by atoms with Crippen molar-refractivity contribution in [3.63, 3.8) is 0 Å². The number of carbonyl (C=O) groups is 2. The summed E-state index contributed by atoms with van der Waals surface area (Å²) >= 11 is 3.34. The standard InChI is InChI=1S/C13H16BrNO3/c1-7-4-5-10(14)11(6-7)15-12(16)8(2)9(3)13(17)18/h4-6,8-9H,1-3H3,(H,15,16)(H,17,18). The summed E-state index contributed by atoms with van der Waals surface area (Å²) < 4.78 is 0.775. The number of hydrogen-bond acceptors (Lipinski definition) is 2. The first-order valence-electron chi connectivity index (χ1n) is 5.62. The van der Waals surface area contributed by atoms with Gasteiger partial charge in [-0.15, -0.1) is 0 Å². The van der Waals surface area contributed by atoms with Gasteiger partial charge in [0.2, 0.25) is 5.91 Å². The van der Waals surface area contributed by atoms with E-state index in [0.717, 1.165) is 10.0 Å². The molecule has 2 atom stereocenters. The van der Waals surface area contributed by atoms with E-state index in [1.807, 2.05) is 25.1 Å². The number of carboxylic acid groups (broad SMARTS) is 1. The summed E-state index contributed by atoms with van der Waals surface area (Å²) in [6.07, 6.45) is 0. The van der Waals surface area contributed by atoms with E-state index < -0.39 is 17.8 Å². The molecule has 4 nitrogen and oxygen atoms in total. The number of carbonyl (C=O) groups excluding carboxylic acids is 1. The molecule has 0 saturated carbocycles. The van der Waals surface area contributed by atoms with E-state index in [-0.39, 0.29) is 5.91 Å². The Morgan fingerprint density at radius 2 is 1.89 bits per heavy atom. The van der Waals surface area contributed by atoms with Crippen molar-refractivity contribution in [2.24, 2.45) is 11.8 Å². The molecular formula is C13H16BrNO3. The summed E-state index contributed by atoms with van der Waals surface area (Å²) in [4.78, 5) is 22.8. The Morgan fingerprint density at radius 3 is 2.44 bits per heavy atom. The van der Waals surface area contributed by atoms with Crippen LogP contribution in [0.3, 0.4) is 0 Å². The Hall–Kier alpha value is -1.36. The highest BCUT2D eigenvalue weighted by molar-refractivity contribution is 9.10. The molecule has 0 spiro atoms. The highest BCUT2D eigenvalue weighted by atomic mass is 79.9. The van der Waals surface area contributed by atoms with Crippen molar-refractivity contribution in [3.05, 3.63) is 28.2 Å². The number of aryl methyl sites for hydroxylation is 1. The molecule has 2 unspecified atom stereocenters. The molecule has 1 aromatic carbocycles. The summed E-state index contributed by atoms with van der Waals surface area (Å²) in [6, 6.07) is 5.60. The third kappa shape index (κ3) is 3.57. The topological polar surface area (TPSA) is 66.4 Å². The van der Waals surface area contributed by atoms with Gasteiger partial charge in [-0.2, -0.15) is 0 Å². The Bertz CT molecular complexity index is 473. The zero-order valence-electron chi connectivity index (χ0n) is 10.5. The monoisotopic (exact) mass is 313 g/mol. The van der Waals surface area contributed by atoms with Gasteiger partial charge in [0.1, 0.15) is 0 Å². The number of carboxylic acids is 1. The van der Waals surface area contributed by atoms with Crippen LogP contribution in [-0.2, 0) is 9.59 Å². The Kier molecular flexibility index (Phi) is 4.90. The molecule has 98 valence electrons. The van der Waals surface area contributed by atoms with Crippen LogP contribution >= 0.6 is 15.9 Å². The molecule has 1 amide bonds. The van der Waals surface area contributed by atoms with E-state index in [2.05, 4.69) is 21.2 Å². The number of benzene rings is 1. The summed E-state index contributed by atoms with van der Waals surface area (Å²) in [7, 11) is 0. The third-order valence-electron chi connectivity index (χ3n) is 2.93. The SMILES string of the molecule is Cc1ccc(Br)c(NC(=O)C(C)C(C)C(=O)O)c1. The second-order valence-electron chi connectivity index (χ2n) is 4.39. The van der Waals surface area contributed by atoms with Crippen LogP contribution in [0.5, 0.6) is 0 Å². The minimum atomic E-state index is -0.971. The predicted molar refractivity (Wildman–Crippen MR) is 73.5 cm³/mol. The van der Waals surface area contributed by atoms with Gasteiger partial charge in [-0.3, -0.25) is 9.59 Å². The normalized spacial score (nSPS) is 13.8. The van der Waals surface area contributed by atoms with E-state index in [9.17, 15) is 9.59 Å². The maximum atomic E-state index is 11.9. The number of amides is 1. The molecule has 0 aliphatic rings. The molecule has 0 heterocycles. The molecule has 0 bridgehead atoms. The molecule has 2 N–H and O–H groups in total. The van der Waals surface area contributed by atoms with E-state index >= 15 is 0 Å². The van der Waals surface area contributed by atoms with Crippen LogP contribution in [0.25, 0.3) is 0 Å². The second kappa shape index (κ2) is 6.00. The van der Waals surface area contributed by atoms with E-state index in [1.165, 1.54) is 6.92 Å². The smallest absolute Gasteiger partial charge is 0.307 e. The molecule has 0 aromatic heterocycles. The Balaban J connectivity index is 2.81. The molecule has 0 fully saturated rings. The Morgan fingerprint density at radius 1 is 1.28 bits per heavy atom. The number of nitrogens with one attached hydrogen (secondary N) is 1. The van der Waals surface area contributed by atoms with Crippen molar-refractivity contribution >= 4 is 33.5 Å². The quantitative estimate of drug-likeness (QED) is 0.897. The zero-order valence-corrected chi connectivity index (χ0v) is 12.1.